The molecule has 1 atom stereocenters. The Morgan fingerprint density at radius 1 is 1.04 bits per heavy atom. The molecule has 0 fully saturated rings. The number of amides is 1. The van der Waals surface area contributed by atoms with Gasteiger partial charge < -0.3 is 10.2 Å². The third kappa shape index (κ3) is 3.36. The molecule has 1 heterocycles. The first-order valence-electron chi connectivity index (χ1n) is 9.87. The van der Waals surface area contributed by atoms with Gasteiger partial charge in [-0.05, 0) is 80.0 Å². The van der Waals surface area contributed by atoms with Crippen LogP contribution in [0.1, 0.15) is 53.7 Å². The van der Waals surface area contributed by atoms with Crippen molar-refractivity contribution in [2.24, 2.45) is 0 Å². The van der Waals surface area contributed by atoms with E-state index in [-0.39, 0.29) is 17.7 Å². The predicted octanol–water partition coefficient (Wildman–Crippen LogP) is 4.16. The molecular formula is C23H26N2O2. The van der Waals surface area contributed by atoms with Crippen molar-refractivity contribution in [1.29, 1.82) is 0 Å². The zero-order valence-corrected chi connectivity index (χ0v) is 16.0. The maximum atomic E-state index is 13.0. The normalized spacial score (nSPS) is 16.4. The van der Waals surface area contributed by atoms with Gasteiger partial charge in [0, 0.05) is 30.4 Å². The van der Waals surface area contributed by atoms with Gasteiger partial charge in [-0.25, -0.2) is 0 Å². The lowest BCUT2D eigenvalue weighted by atomic mass is 9.90. The van der Waals surface area contributed by atoms with Gasteiger partial charge in [-0.15, -0.1) is 0 Å². The SMILES string of the molecule is CC(=O)N1CCc2cc(C(=O)[C@@H](C)Nc3cccc4c3CCCC4)ccc21. The fraction of sp³-hybridized carbons (Fsp3) is 0.391. The lowest BCUT2D eigenvalue weighted by Crippen LogP contribution is -2.27. The zero-order valence-electron chi connectivity index (χ0n) is 16.0. The third-order valence-corrected chi connectivity index (χ3v) is 5.80. The number of carbonyl (C=O) groups is 2. The van der Waals surface area contributed by atoms with Gasteiger partial charge in [0.2, 0.25) is 5.91 Å². The highest BCUT2D eigenvalue weighted by atomic mass is 16.2. The lowest BCUT2D eigenvalue weighted by Gasteiger charge is -2.22. The lowest BCUT2D eigenvalue weighted by molar-refractivity contribution is -0.116. The molecule has 140 valence electrons. The summed E-state index contributed by atoms with van der Waals surface area (Å²) in [5.41, 5.74) is 6.61. The van der Waals surface area contributed by atoms with E-state index in [9.17, 15) is 9.59 Å². The Kier molecular flexibility index (Phi) is 4.73. The summed E-state index contributed by atoms with van der Waals surface area (Å²) in [5.74, 6) is 0.143. The number of hydrogen-bond acceptors (Lipinski definition) is 3. The van der Waals surface area contributed by atoms with Crippen LogP contribution in [0.4, 0.5) is 11.4 Å². The third-order valence-electron chi connectivity index (χ3n) is 5.80. The van der Waals surface area contributed by atoms with Crippen LogP contribution in [0.15, 0.2) is 36.4 Å². The van der Waals surface area contributed by atoms with Crippen molar-refractivity contribution < 1.29 is 9.59 Å². The molecule has 0 saturated heterocycles. The number of rotatable bonds is 4. The van der Waals surface area contributed by atoms with E-state index in [0.29, 0.717) is 12.1 Å². The zero-order chi connectivity index (χ0) is 19.0. The fourth-order valence-electron chi connectivity index (χ4n) is 4.35. The van der Waals surface area contributed by atoms with Crippen molar-refractivity contribution in [2.45, 2.75) is 52.0 Å². The topological polar surface area (TPSA) is 49.4 Å². The Morgan fingerprint density at radius 3 is 2.67 bits per heavy atom. The summed E-state index contributed by atoms with van der Waals surface area (Å²) in [6.07, 6.45) is 5.48. The maximum Gasteiger partial charge on any atom is 0.223 e. The van der Waals surface area contributed by atoms with Gasteiger partial charge in [0.05, 0.1) is 6.04 Å². The van der Waals surface area contributed by atoms with Crippen LogP contribution in [0.2, 0.25) is 0 Å². The Bertz CT molecular complexity index is 903. The minimum atomic E-state index is -0.290. The molecule has 2 aromatic rings. The fourth-order valence-corrected chi connectivity index (χ4v) is 4.35. The van der Waals surface area contributed by atoms with Crippen LogP contribution in [-0.4, -0.2) is 24.3 Å². The average Bonchev–Trinajstić information content (AvgIpc) is 3.11. The molecule has 4 heteroatoms. The van der Waals surface area contributed by atoms with Gasteiger partial charge in [0.25, 0.3) is 0 Å². The number of carbonyl (C=O) groups excluding carboxylic acids is 2. The van der Waals surface area contributed by atoms with Crippen molar-refractivity contribution in [3.05, 3.63) is 58.7 Å². The summed E-state index contributed by atoms with van der Waals surface area (Å²) >= 11 is 0. The van der Waals surface area contributed by atoms with Gasteiger partial charge in [-0.2, -0.15) is 0 Å². The largest absolute Gasteiger partial charge is 0.375 e. The van der Waals surface area contributed by atoms with E-state index in [4.69, 9.17) is 0 Å². The van der Waals surface area contributed by atoms with Crippen molar-refractivity contribution in [3.63, 3.8) is 0 Å². The molecule has 1 amide bonds. The van der Waals surface area contributed by atoms with E-state index >= 15 is 0 Å². The summed E-state index contributed by atoms with van der Waals surface area (Å²) in [4.78, 5) is 26.5. The summed E-state index contributed by atoms with van der Waals surface area (Å²) in [6.45, 7) is 4.21. The minimum absolute atomic E-state index is 0.0525. The highest BCUT2D eigenvalue weighted by Gasteiger charge is 2.25. The Morgan fingerprint density at radius 2 is 1.85 bits per heavy atom. The first-order chi connectivity index (χ1) is 13.0. The van der Waals surface area contributed by atoms with Crippen molar-refractivity contribution >= 4 is 23.1 Å². The van der Waals surface area contributed by atoms with Gasteiger partial charge in [0.15, 0.2) is 5.78 Å². The van der Waals surface area contributed by atoms with E-state index in [2.05, 4.69) is 23.5 Å². The van der Waals surface area contributed by atoms with E-state index in [1.807, 2.05) is 25.1 Å². The van der Waals surface area contributed by atoms with Crippen molar-refractivity contribution in [1.82, 2.24) is 0 Å². The predicted molar refractivity (Wildman–Crippen MR) is 109 cm³/mol. The minimum Gasteiger partial charge on any atom is -0.375 e. The molecule has 27 heavy (non-hydrogen) atoms. The van der Waals surface area contributed by atoms with Crippen LogP contribution in [0, 0.1) is 0 Å². The second-order valence-electron chi connectivity index (χ2n) is 7.64. The van der Waals surface area contributed by atoms with Crippen molar-refractivity contribution in [2.75, 3.05) is 16.8 Å². The number of hydrogen-bond donors (Lipinski definition) is 1. The smallest absolute Gasteiger partial charge is 0.223 e. The van der Waals surface area contributed by atoms with E-state index in [1.165, 1.54) is 24.0 Å². The molecule has 0 radical (unpaired) electrons. The Hall–Kier alpha value is -2.62. The van der Waals surface area contributed by atoms with Crippen LogP contribution in [-0.2, 0) is 24.1 Å². The molecule has 4 rings (SSSR count). The van der Waals surface area contributed by atoms with E-state index in [0.717, 1.165) is 36.2 Å². The number of nitrogens with zero attached hydrogens (tertiary/aromatic N) is 1. The second-order valence-corrected chi connectivity index (χ2v) is 7.64. The molecule has 0 aromatic heterocycles. The van der Waals surface area contributed by atoms with E-state index in [1.54, 1.807) is 11.8 Å². The molecule has 1 aliphatic carbocycles. The quantitative estimate of drug-likeness (QED) is 0.831. The number of ketones is 1. The average molecular weight is 362 g/mol. The highest BCUT2D eigenvalue weighted by Crippen LogP contribution is 2.31. The summed E-state index contributed by atoms with van der Waals surface area (Å²) in [5, 5.41) is 3.45. The number of aryl methyl sites for hydroxylation is 1. The maximum absolute atomic E-state index is 13.0. The molecule has 0 saturated carbocycles. The van der Waals surface area contributed by atoms with Crippen LogP contribution in [0.3, 0.4) is 0 Å². The number of anilines is 2. The van der Waals surface area contributed by atoms with Gasteiger partial charge in [-0.3, -0.25) is 9.59 Å². The molecular weight excluding hydrogens is 336 g/mol. The number of Topliss-reactive ketones (excluding diaryl/α,β-unsaturated/α-hetero) is 1. The highest BCUT2D eigenvalue weighted by molar-refractivity contribution is 6.03. The van der Waals surface area contributed by atoms with E-state index < -0.39 is 0 Å². The second kappa shape index (κ2) is 7.18. The monoisotopic (exact) mass is 362 g/mol. The molecule has 4 nitrogen and oxygen atoms in total. The molecule has 2 aliphatic rings. The summed E-state index contributed by atoms with van der Waals surface area (Å²) in [6, 6.07) is 11.8. The van der Waals surface area contributed by atoms with Gasteiger partial charge >= 0.3 is 0 Å². The molecule has 0 spiro atoms. The molecule has 0 unspecified atom stereocenters. The van der Waals surface area contributed by atoms with Crippen LogP contribution in [0.25, 0.3) is 0 Å². The molecule has 0 bridgehead atoms. The standard InChI is InChI=1S/C23H26N2O2/c1-15(24-21-9-5-7-17-6-3-4-8-20(17)21)23(27)19-10-11-22-18(14-19)12-13-25(22)16(2)26/h5,7,9-11,14-15,24H,3-4,6,8,12-13H2,1-2H3/t15-/m1/s1. The molecule has 2 aromatic carbocycles. The van der Waals surface area contributed by atoms with Crippen LogP contribution < -0.4 is 10.2 Å². The van der Waals surface area contributed by atoms with Crippen molar-refractivity contribution in [3.8, 4) is 0 Å². The van der Waals surface area contributed by atoms with Crippen LogP contribution >= 0.6 is 0 Å². The summed E-state index contributed by atoms with van der Waals surface area (Å²) < 4.78 is 0. The summed E-state index contributed by atoms with van der Waals surface area (Å²) in [7, 11) is 0. The number of benzene rings is 2. The van der Waals surface area contributed by atoms with Crippen LogP contribution in [0.5, 0.6) is 0 Å². The van der Waals surface area contributed by atoms with Gasteiger partial charge in [0.1, 0.15) is 0 Å². The molecule has 1 N–H and O–H groups in total. The first kappa shape index (κ1) is 17.8. The Labute approximate surface area is 160 Å². The Balaban J connectivity index is 1.53. The number of nitrogens with one attached hydrogen (secondary N) is 1. The first-order valence-corrected chi connectivity index (χ1v) is 9.87. The van der Waals surface area contributed by atoms with Gasteiger partial charge in [-0.1, -0.05) is 12.1 Å². The molecule has 1 aliphatic heterocycles. The number of fused-ring (bicyclic) bond motifs is 2.